The Morgan fingerprint density at radius 2 is 2.30 bits per heavy atom. The van der Waals surface area contributed by atoms with Crippen molar-refractivity contribution in [2.24, 2.45) is 5.16 Å². The molecule has 2 rings (SSSR count). The van der Waals surface area contributed by atoms with Gasteiger partial charge in [0.05, 0.1) is 18.7 Å². The van der Waals surface area contributed by atoms with Crippen LogP contribution in [0.4, 0.5) is 4.39 Å². The third kappa shape index (κ3) is 3.94. The van der Waals surface area contributed by atoms with Gasteiger partial charge in [-0.25, -0.2) is 4.39 Å². The molecule has 0 aliphatic heterocycles. The Bertz CT molecular complexity index is 527. The number of hydrogen-bond acceptors (Lipinski definition) is 4. The Hall–Kier alpha value is -2.11. The maximum absolute atomic E-state index is 13.2. The van der Waals surface area contributed by atoms with Gasteiger partial charge >= 0.3 is 0 Å². The minimum atomic E-state index is -0.447. The highest BCUT2D eigenvalue weighted by atomic mass is 19.1. The normalized spacial score (nSPS) is 15.0. The van der Waals surface area contributed by atoms with E-state index in [1.807, 2.05) is 0 Å². The molecule has 0 aromatic heterocycles. The van der Waals surface area contributed by atoms with Gasteiger partial charge in [-0.1, -0.05) is 5.16 Å². The number of nitrogens with zero attached hydrogens (tertiary/aromatic N) is 1. The number of rotatable bonds is 6. The van der Waals surface area contributed by atoms with E-state index in [9.17, 15) is 9.18 Å². The number of carbonyl (C=O) groups is 1. The van der Waals surface area contributed by atoms with Crippen LogP contribution in [0.25, 0.3) is 0 Å². The van der Waals surface area contributed by atoms with Crippen molar-refractivity contribution < 1.29 is 19.1 Å². The summed E-state index contributed by atoms with van der Waals surface area (Å²) in [5, 5.41) is 14.7. The number of nitrogens with one attached hydrogen (secondary N) is 1. The van der Waals surface area contributed by atoms with Crippen LogP contribution in [0.1, 0.15) is 31.7 Å². The van der Waals surface area contributed by atoms with Crippen LogP contribution in [0.15, 0.2) is 23.4 Å². The van der Waals surface area contributed by atoms with Crippen LogP contribution in [-0.2, 0) is 4.79 Å². The molecule has 1 aliphatic rings. The molecule has 1 aromatic carbocycles. The van der Waals surface area contributed by atoms with Crippen molar-refractivity contribution in [2.75, 3.05) is 6.61 Å². The van der Waals surface area contributed by atoms with Gasteiger partial charge in [-0.05, 0) is 31.9 Å². The van der Waals surface area contributed by atoms with Crippen LogP contribution in [-0.4, -0.2) is 29.5 Å². The van der Waals surface area contributed by atoms with Crippen LogP contribution < -0.4 is 10.1 Å². The maximum atomic E-state index is 13.2. The smallest absolute Gasteiger partial charge is 0.223 e. The lowest BCUT2D eigenvalue weighted by atomic mass is 10.1. The maximum Gasteiger partial charge on any atom is 0.223 e. The highest BCUT2D eigenvalue weighted by molar-refractivity contribution is 6.00. The van der Waals surface area contributed by atoms with Crippen LogP contribution in [0, 0.1) is 5.82 Å². The van der Waals surface area contributed by atoms with E-state index < -0.39 is 5.82 Å². The van der Waals surface area contributed by atoms with Crippen molar-refractivity contribution in [3.05, 3.63) is 29.6 Å². The molecular formula is C14H17FN2O3. The molecule has 1 fully saturated rings. The number of halogens is 1. The molecule has 108 valence electrons. The first kappa shape index (κ1) is 14.3. The third-order valence-corrected chi connectivity index (χ3v) is 3.01. The predicted octanol–water partition coefficient (Wildman–Crippen LogP) is 2.07. The molecule has 5 nitrogen and oxygen atoms in total. The summed E-state index contributed by atoms with van der Waals surface area (Å²) < 4.78 is 18.6. The fraction of sp³-hybridized carbons (Fsp3) is 0.429. The number of hydrogen-bond donors (Lipinski definition) is 2. The molecule has 0 radical (unpaired) electrons. The number of benzene rings is 1. The van der Waals surface area contributed by atoms with Crippen LogP contribution in [0.3, 0.4) is 0 Å². The van der Waals surface area contributed by atoms with E-state index in [2.05, 4.69) is 10.5 Å². The summed E-state index contributed by atoms with van der Waals surface area (Å²) in [4.78, 5) is 11.5. The fourth-order valence-corrected chi connectivity index (χ4v) is 1.75. The molecule has 20 heavy (non-hydrogen) atoms. The zero-order valence-corrected chi connectivity index (χ0v) is 11.2. The monoisotopic (exact) mass is 280 g/mol. The fourth-order valence-electron chi connectivity index (χ4n) is 1.75. The number of oxime groups is 1. The molecule has 0 atom stereocenters. The van der Waals surface area contributed by atoms with Gasteiger partial charge in [0.15, 0.2) is 0 Å². The van der Waals surface area contributed by atoms with Gasteiger partial charge in [0.25, 0.3) is 0 Å². The molecule has 0 heterocycles. The van der Waals surface area contributed by atoms with Crippen molar-refractivity contribution in [3.8, 4) is 5.75 Å². The van der Waals surface area contributed by atoms with Crippen molar-refractivity contribution in [1.82, 2.24) is 5.32 Å². The molecule has 1 amide bonds. The van der Waals surface area contributed by atoms with E-state index in [0.29, 0.717) is 17.3 Å². The molecule has 6 heteroatoms. The lowest BCUT2D eigenvalue weighted by molar-refractivity contribution is -0.121. The van der Waals surface area contributed by atoms with Gasteiger partial charge in [-0.2, -0.15) is 0 Å². The highest BCUT2D eigenvalue weighted by Crippen LogP contribution is 2.21. The molecule has 0 unspecified atom stereocenters. The topological polar surface area (TPSA) is 70.9 Å². The van der Waals surface area contributed by atoms with Crippen molar-refractivity contribution in [3.63, 3.8) is 0 Å². The predicted molar refractivity (Wildman–Crippen MR) is 71.7 cm³/mol. The van der Waals surface area contributed by atoms with Gasteiger partial charge in [0, 0.05) is 17.7 Å². The Labute approximate surface area is 116 Å². The second-order valence-electron chi connectivity index (χ2n) is 4.77. The first-order valence-electron chi connectivity index (χ1n) is 6.51. The lowest BCUT2D eigenvalue weighted by Crippen LogP contribution is -2.26. The first-order chi connectivity index (χ1) is 9.60. The Morgan fingerprint density at radius 1 is 1.55 bits per heavy atom. The second-order valence-corrected chi connectivity index (χ2v) is 4.77. The zero-order valence-electron chi connectivity index (χ0n) is 11.2. The summed E-state index contributed by atoms with van der Waals surface area (Å²) in [5.41, 5.74) is 0.818. The Balaban J connectivity index is 1.93. The molecule has 0 bridgehead atoms. The van der Waals surface area contributed by atoms with E-state index in [4.69, 9.17) is 9.94 Å². The largest absolute Gasteiger partial charge is 0.492 e. The summed E-state index contributed by atoms with van der Waals surface area (Å²) in [6, 6.07) is 4.26. The Morgan fingerprint density at radius 3 is 2.95 bits per heavy atom. The molecule has 1 aromatic rings. The summed E-state index contributed by atoms with van der Waals surface area (Å²) in [7, 11) is 0. The number of amides is 1. The van der Waals surface area contributed by atoms with E-state index >= 15 is 0 Å². The standard InChI is InChI=1S/C14H17FN2O3/c1-9(17-19)12-5-2-10(15)8-13(12)20-7-6-14(18)16-11-3-4-11/h2,5,8,11,19H,3-4,6-7H2,1H3,(H,16,18)/b17-9-. The summed E-state index contributed by atoms with van der Waals surface area (Å²) in [6.45, 7) is 1.73. The first-order valence-corrected chi connectivity index (χ1v) is 6.51. The zero-order chi connectivity index (χ0) is 14.5. The van der Waals surface area contributed by atoms with Crippen LogP contribution in [0.2, 0.25) is 0 Å². The van der Waals surface area contributed by atoms with Gasteiger partial charge in [-0.15, -0.1) is 0 Å². The Kier molecular flexibility index (Phi) is 4.55. The summed E-state index contributed by atoms with van der Waals surface area (Å²) in [6.07, 6.45) is 2.28. The molecule has 1 aliphatic carbocycles. The van der Waals surface area contributed by atoms with E-state index in [0.717, 1.165) is 12.8 Å². The number of carbonyl (C=O) groups excluding carboxylic acids is 1. The summed E-state index contributed by atoms with van der Waals surface area (Å²) in [5.74, 6) is -0.255. The van der Waals surface area contributed by atoms with Gasteiger partial charge in [-0.3, -0.25) is 4.79 Å². The molecule has 0 spiro atoms. The summed E-state index contributed by atoms with van der Waals surface area (Å²) >= 11 is 0. The van der Waals surface area contributed by atoms with E-state index in [1.165, 1.54) is 18.2 Å². The quantitative estimate of drug-likeness (QED) is 0.476. The van der Waals surface area contributed by atoms with Crippen molar-refractivity contribution in [2.45, 2.75) is 32.2 Å². The van der Waals surface area contributed by atoms with E-state index in [-0.39, 0.29) is 24.7 Å². The SMILES string of the molecule is C/C(=N/O)c1ccc(F)cc1OCCC(=O)NC1CC1. The average molecular weight is 280 g/mol. The molecule has 1 saturated carbocycles. The lowest BCUT2D eigenvalue weighted by Gasteiger charge is -2.11. The van der Waals surface area contributed by atoms with Crippen LogP contribution in [0.5, 0.6) is 5.75 Å². The molecule has 2 N–H and O–H groups in total. The minimum Gasteiger partial charge on any atom is -0.492 e. The highest BCUT2D eigenvalue weighted by Gasteiger charge is 2.22. The second kappa shape index (κ2) is 6.36. The molecule has 0 saturated heterocycles. The van der Waals surface area contributed by atoms with Crippen molar-refractivity contribution >= 4 is 11.6 Å². The van der Waals surface area contributed by atoms with Crippen molar-refractivity contribution in [1.29, 1.82) is 0 Å². The van der Waals surface area contributed by atoms with E-state index in [1.54, 1.807) is 6.92 Å². The number of ether oxygens (including phenoxy) is 1. The third-order valence-electron chi connectivity index (χ3n) is 3.01. The van der Waals surface area contributed by atoms with Crippen LogP contribution >= 0.6 is 0 Å². The molecular weight excluding hydrogens is 263 g/mol. The minimum absolute atomic E-state index is 0.0713. The van der Waals surface area contributed by atoms with Gasteiger partial charge in [0.2, 0.25) is 5.91 Å². The average Bonchev–Trinajstić information content (AvgIpc) is 3.22. The van der Waals surface area contributed by atoms with Gasteiger partial charge in [0.1, 0.15) is 11.6 Å². The van der Waals surface area contributed by atoms with Gasteiger partial charge < -0.3 is 15.3 Å².